The molecule has 1 fully saturated rings. The van der Waals surface area contributed by atoms with E-state index in [4.69, 9.17) is 19.9 Å². The van der Waals surface area contributed by atoms with Crippen LogP contribution in [0.5, 0.6) is 0 Å². The van der Waals surface area contributed by atoms with E-state index in [-0.39, 0.29) is 24.7 Å². The summed E-state index contributed by atoms with van der Waals surface area (Å²) in [6, 6.07) is 1.17. The van der Waals surface area contributed by atoms with Crippen LogP contribution in [-0.2, 0) is 14.2 Å². The molecule has 1 saturated heterocycles. The molecule has 1 aromatic carbocycles. The number of carbonyl (C=O) groups excluding carboxylic acids is 1. The van der Waals surface area contributed by atoms with Gasteiger partial charge in [0.05, 0.1) is 32.0 Å². The molecule has 1 aliphatic heterocycles. The molecule has 1 amide bonds. The summed E-state index contributed by atoms with van der Waals surface area (Å²) < 4.78 is 43.1. The van der Waals surface area contributed by atoms with Crippen LogP contribution in [0.25, 0.3) is 0 Å². The third-order valence-corrected chi connectivity index (χ3v) is 5.60. The van der Waals surface area contributed by atoms with Crippen LogP contribution in [-0.4, -0.2) is 107 Å². The second-order valence-electron chi connectivity index (χ2n) is 8.67. The highest BCUT2D eigenvalue weighted by Crippen LogP contribution is 2.23. The van der Waals surface area contributed by atoms with Crippen molar-refractivity contribution < 1.29 is 53.3 Å². The third kappa shape index (κ3) is 8.10. The van der Waals surface area contributed by atoms with Gasteiger partial charge >= 0.3 is 0 Å². The molecule has 0 saturated carbocycles. The van der Waals surface area contributed by atoms with Crippen LogP contribution in [0.4, 0.5) is 8.78 Å². The number of halogens is 2. The fourth-order valence-corrected chi connectivity index (χ4v) is 3.29. The van der Waals surface area contributed by atoms with Gasteiger partial charge < -0.3 is 50.8 Å². The number of hydrogen-bond acceptors (Lipinski definition) is 10. The highest BCUT2D eigenvalue weighted by atomic mass is 19.2. The molecule has 0 bridgehead atoms. The van der Waals surface area contributed by atoms with Crippen molar-refractivity contribution in [2.75, 3.05) is 26.4 Å². The average Bonchev–Trinajstić information content (AvgIpc) is 2.83. The number of hydrogen-bond donors (Lipinski definition) is 7. The number of rotatable bonds is 12. The molecule has 4 unspecified atom stereocenters. The maximum atomic E-state index is 13.5. The molecular formula is C22H34F2N2O9. The maximum Gasteiger partial charge on any atom is 0.251 e. The Bertz CT molecular complexity index is 819. The van der Waals surface area contributed by atoms with Gasteiger partial charge in [0.1, 0.15) is 30.5 Å². The summed E-state index contributed by atoms with van der Waals surface area (Å²) in [5.41, 5.74) is 5.28. The number of carbonyl (C=O) groups is 1. The first kappa shape index (κ1) is 29.4. The van der Waals surface area contributed by atoms with E-state index in [0.29, 0.717) is 12.6 Å². The first-order valence-corrected chi connectivity index (χ1v) is 11.2. The Morgan fingerprint density at radius 1 is 1.11 bits per heavy atom. The van der Waals surface area contributed by atoms with E-state index in [9.17, 15) is 39.1 Å². The molecule has 8 N–H and O–H groups in total. The van der Waals surface area contributed by atoms with Crippen molar-refractivity contribution in [3.63, 3.8) is 0 Å². The molecule has 35 heavy (non-hydrogen) atoms. The van der Waals surface area contributed by atoms with E-state index < -0.39 is 73.1 Å². The Kier molecular flexibility index (Phi) is 11.3. The first-order chi connectivity index (χ1) is 16.5. The van der Waals surface area contributed by atoms with Crippen LogP contribution in [0.1, 0.15) is 24.2 Å². The van der Waals surface area contributed by atoms with Crippen molar-refractivity contribution in [1.29, 1.82) is 0 Å². The number of aliphatic hydroxyl groups excluding tert-OH is 5. The SMILES string of the molecule is CC(CN)COCC1O[C@H](OC[C@H](NC(=O)c2ccc(F)c(F)c2)[C@H](O)[C@@H](C)O)C(O)C(O)[C@H]1O. The van der Waals surface area contributed by atoms with Gasteiger partial charge in [0.25, 0.3) is 5.91 Å². The zero-order valence-electron chi connectivity index (χ0n) is 19.5. The smallest absolute Gasteiger partial charge is 0.251 e. The highest BCUT2D eigenvalue weighted by Gasteiger charge is 2.45. The number of aliphatic hydroxyl groups is 5. The minimum Gasteiger partial charge on any atom is -0.391 e. The standard InChI is InChI=1S/C22H34F2N2O9/c1-10(6-25)7-33-9-16-18(29)19(30)20(31)22(35-16)34-8-15(17(28)11(2)27)26-21(32)12-3-4-13(23)14(24)5-12/h3-5,10-11,15-20,22,27-31H,6-9,25H2,1-2H3,(H,26,32)/t10?,11-,15+,16?,17-,18+,19?,20?,22+/m1/s1. The van der Waals surface area contributed by atoms with Crippen molar-refractivity contribution >= 4 is 5.91 Å². The van der Waals surface area contributed by atoms with E-state index in [1.165, 1.54) is 6.92 Å². The van der Waals surface area contributed by atoms with Gasteiger partial charge in [-0.1, -0.05) is 6.92 Å². The first-order valence-electron chi connectivity index (χ1n) is 11.2. The summed E-state index contributed by atoms with van der Waals surface area (Å²) in [4.78, 5) is 12.5. The van der Waals surface area contributed by atoms with E-state index in [1.807, 2.05) is 6.92 Å². The number of nitrogens with one attached hydrogen (secondary N) is 1. The molecule has 200 valence electrons. The molecule has 9 atom stereocenters. The molecule has 0 radical (unpaired) electrons. The number of benzene rings is 1. The van der Waals surface area contributed by atoms with E-state index in [1.54, 1.807) is 0 Å². The highest BCUT2D eigenvalue weighted by molar-refractivity contribution is 5.94. The summed E-state index contributed by atoms with van der Waals surface area (Å²) >= 11 is 0. The maximum absolute atomic E-state index is 13.5. The van der Waals surface area contributed by atoms with Crippen molar-refractivity contribution in [3.05, 3.63) is 35.4 Å². The predicted molar refractivity (Wildman–Crippen MR) is 117 cm³/mol. The molecule has 1 heterocycles. The lowest BCUT2D eigenvalue weighted by atomic mass is 9.99. The molecule has 0 aliphatic carbocycles. The molecule has 13 heteroatoms. The normalized spacial score (nSPS) is 28.2. The second-order valence-corrected chi connectivity index (χ2v) is 8.67. The molecule has 0 spiro atoms. The molecule has 1 aliphatic rings. The quantitative estimate of drug-likeness (QED) is 0.171. The number of nitrogens with two attached hydrogens (primary N) is 1. The lowest BCUT2D eigenvalue weighted by Gasteiger charge is -2.40. The average molecular weight is 509 g/mol. The molecule has 2 rings (SSSR count). The fourth-order valence-electron chi connectivity index (χ4n) is 3.29. The second kappa shape index (κ2) is 13.5. The molecule has 0 aromatic heterocycles. The lowest BCUT2D eigenvalue weighted by Crippen LogP contribution is -2.60. The van der Waals surface area contributed by atoms with Crippen LogP contribution in [0, 0.1) is 17.6 Å². The minimum atomic E-state index is -1.68. The monoisotopic (exact) mass is 508 g/mol. The Morgan fingerprint density at radius 3 is 2.40 bits per heavy atom. The summed E-state index contributed by atoms with van der Waals surface area (Å²) in [5.74, 6) is -3.25. The molecule has 11 nitrogen and oxygen atoms in total. The van der Waals surface area contributed by atoms with Gasteiger partial charge in [-0.15, -0.1) is 0 Å². The van der Waals surface area contributed by atoms with Gasteiger partial charge in [-0.2, -0.15) is 0 Å². The Balaban J connectivity index is 2.06. The summed E-state index contributed by atoms with van der Waals surface area (Å²) in [7, 11) is 0. The topological polar surface area (TPSA) is 184 Å². The predicted octanol–water partition coefficient (Wildman–Crippen LogP) is -1.76. The Morgan fingerprint density at radius 2 is 1.80 bits per heavy atom. The zero-order valence-corrected chi connectivity index (χ0v) is 19.5. The van der Waals surface area contributed by atoms with Crippen molar-refractivity contribution in [1.82, 2.24) is 5.32 Å². The van der Waals surface area contributed by atoms with Gasteiger partial charge in [-0.3, -0.25) is 4.79 Å². The van der Waals surface area contributed by atoms with Crippen molar-refractivity contribution in [3.8, 4) is 0 Å². The van der Waals surface area contributed by atoms with Crippen molar-refractivity contribution in [2.24, 2.45) is 11.7 Å². The van der Waals surface area contributed by atoms with E-state index in [0.717, 1.165) is 12.1 Å². The summed E-state index contributed by atoms with van der Waals surface area (Å²) in [6.07, 6.45) is -10.3. The van der Waals surface area contributed by atoms with Gasteiger partial charge in [0, 0.05) is 5.56 Å². The van der Waals surface area contributed by atoms with Gasteiger partial charge in [0.15, 0.2) is 17.9 Å². The largest absolute Gasteiger partial charge is 0.391 e. The van der Waals surface area contributed by atoms with Gasteiger partial charge in [-0.25, -0.2) is 8.78 Å². The Hall–Kier alpha value is -1.81. The van der Waals surface area contributed by atoms with Gasteiger partial charge in [-0.05, 0) is 37.6 Å². The zero-order chi connectivity index (χ0) is 26.3. The summed E-state index contributed by atoms with van der Waals surface area (Å²) in [6.45, 7) is 3.09. The van der Waals surface area contributed by atoms with Crippen molar-refractivity contribution in [2.45, 2.75) is 62.8 Å². The van der Waals surface area contributed by atoms with Crippen LogP contribution in [0.3, 0.4) is 0 Å². The van der Waals surface area contributed by atoms with Crippen LogP contribution in [0.15, 0.2) is 18.2 Å². The Labute approximate surface area is 201 Å². The number of amides is 1. The molecular weight excluding hydrogens is 474 g/mol. The van der Waals surface area contributed by atoms with Crippen LogP contribution >= 0.6 is 0 Å². The van der Waals surface area contributed by atoms with Crippen LogP contribution in [0.2, 0.25) is 0 Å². The third-order valence-electron chi connectivity index (χ3n) is 5.60. The summed E-state index contributed by atoms with van der Waals surface area (Å²) in [5, 5.41) is 53.1. The fraction of sp³-hybridized carbons (Fsp3) is 0.682. The lowest BCUT2D eigenvalue weighted by molar-refractivity contribution is -0.305. The van der Waals surface area contributed by atoms with E-state index in [2.05, 4.69) is 5.32 Å². The van der Waals surface area contributed by atoms with E-state index >= 15 is 0 Å². The number of ether oxygens (including phenoxy) is 3. The minimum absolute atomic E-state index is 0.0409. The van der Waals surface area contributed by atoms with Gasteiger partial charge in [0.2, 0.25) is 0 Å². The van der Waals surface area contributed by atoms with Crippen LogP contribution < -0.4 is 11.1 Å². The molecule has 1 aromatic rings.